The molecular weight excluding hydrogens is 260 g/mol. The molecule has 1 heterocycles. The summed E-state index contributed by atoms with van der Waals surface area (Å²) in [5, 5.41) is 4.22. The van der Waals surface area contributed by atoms with Gasteiger partial charge in [-0.25, -0.2) is 0 Å². The van der Waals surface area contributed by atoms with Gasteiger partial charge in [0.05, 0.1) is 16.8 Å². The number of para-hydroxylation sites is 1. The maximum Gasteiger partial charge on any atom is 0.0721 e. The zero-order valence-corrected chi connectivity index (χ0v) is 12.5. The third-order valence-electron chi connectivity index (χ3n) is 3.40. The zero-order valence-electron chi connectivity index (χ0n) is 11.8. The van der Waals surface area contributed by atoms with E-state index in [1.165, 1.54) is 11.3 Å². The van der Waals surface area contributed by atoms with Crippen molar-refractivity contribution in [1.82, 2.24) is 5.32 Å². The standard InChI is InChI=1S/C15H23ClN2O/c1-3-17-10-13-6-4-7-14(16)15(13)18-8-5-9-19-12(2)11-18/h4,6-7,12,17H,3,5,8-11H2,1-2H3. The third-order valence-corrected chi connectivity index (χ3v) is 3.71. The smallest absolute Gasteiger partial charge is 0.0721 e. The van der Waals surface area contributed by atoms with Crippen molar-refractivity contribution in [3.8, 4) is 0 Å². The number of rotatable bonds is 4. The Morgan fingerprint density at radius 3 is 3.11 bits per heavy atom. The molecule has 0 radical (unpaired) electrons. The second-order valence-electron chi connectivity index (χ2n) is 5.01. The van der Waals surface area contributed by atoms with Gasteiger partial charge in [-0.3, -0.25) is 0 Å². The Morgan fingerprint density at radius 1 is 1.47 bits per heavy atom. The van der Waals surface area contributed by atoms with E-state index in [0.717, 1.165) is 44.2 Å². The lowest BCUT2D eigenvalue weighted by Gasteiger charge is -2.28. The molecular formula is C15H23ClN2O. The van der Waals surface area contributed by atoms with E-state index in [1.807, 2.05) is 12.1 Å². The Morgan fingerprint density at radius 2 is 2.32 bits per heavy atom. The molecule has 1 N–H and O–H groups in total. The van der Waals surface area contributed by atoms with Gasteiger partial charge in [-0.15, -0.1) is 0 Å². The lowest BCUT2D eigenvalue weighted by molar-refractivity contribution is 0.0821. The van der Waals surface area contributed by atoms with Crippen LogP contribution in [-0.4, -0.2) is 32.3 Å². The Bertz CT molecular complexity index is 411. The van der Waals surface area contributed by atoms with E-state index < -0.39 is 0 Å². The monoisotopic (exact) mass is 282 g/mol. The highest BCUT2D eigenvalue weighted by Gasteiger charge is 2.19. The molecule has 0 saturated carbocycles. The molecule has 2 rings (SSSR count). The van der Waals surface area contributed by atoms with Crippen LogP contribution in [0.5, 0.6) is 0 Å². The van der Waals surface area contributed by atoms with Crippen molar-refractivity contribution < 1.29 is 4.74 Å². The van der Waals surface area contributed by atoms with Gasteiger partial charge in [0, 0.05) is 26.2 Å². The van der Waals surface area contributed by atoms with Crippen molar-refractivity contribution in [2.45, 2.75) is 32.9 Å². The third kappa shape index (κ3) is 3.85. The van der Waals surface area contributed by atoms with E-state index in [1.54, 1.807) is 0 Å². The summed E-state index contributed by atoms with van der Waals surface area (Å²) in [6.45, 7) is 8.81. The van der Waals surface area contributed by atoms with E-state index in [-0.39, 0.29) is 6.10 Å². The van der Waals surface area contributed by atoms with Gasteiger partial charge in [-0.1, -0.05) is 30.7 Å². The number of ether oxygens (including phenoxy) is 1. The summed E-state index contributed by atoms with van der Waals surface area (Å²) < 4.78 is 5.72. The van der Waals surface area contributed by atoms with Crippen LogP contribution in [-0.2, 0) is 11.3 Å². The first-order valence-corrected chi connectivity index (χ1v) is 7.44. The fourth-order valence-electron chi connectivity index (χ4n) is 2.51. The van der Waals surface area contributed by atoms with Crippen LogP contribution < -0.4 is 10.2 Å². The molecule has 0 spiro atoms. The molecule has 1 aromatic rings. The normalized spacial score (nSPS) is 20.4. The Hall–Kier alpha value is -0.770. The van der Waals surface area contributed by atoms with Gasteiger partial charge in [-0.05, 0) is 31.5 Å². The Balaban J connectivity index is 2.25. The van der Waals surface area contributed by atoms with Gasteiger partial charge in [0.2, 0.25) is 0 Å². The summed E-state index contributed by atoms with van der Waals surface area (Å²) >= 11 is 6.43. The van der Waals surface area contributed by atoms with Crippen molar-refractivity contribution in [2.75, 3.05) is 31.1 Å². The summed E-state index contributed by atoms with van der Waals surface area (Å²) in [6.07, 6.45) is 1.31. The highest BCUT2D eigenvalue weighted by atomic mass is 35.5. The number of nitrogens with one attached hydrogen (secondary N) is 1. The molecule has 3 nitrogen and oxygen atoms in total. The predicted octanol–water partition coefficient (Wildman–Crippen LogP) is 3.06. The number of nitrogens with zero attached hydrogens (tertiary/aromatic N) is 1. The van der Waals surface area contributed by atoms with Crippen LogP contribution in [0.4, 0.5) is 5.69 Å². The van der Waals surface area contributed by atoms with E-state index in [4.69, 9.17) is 16.3 Å². The highest BCUT2D eigenvalue weighted by Crippen LogP contribution is 2.31. The van der Waals surface area contributed by atoms with Gasteiger partial charge < -0.3 is 15.0 Å². The van der Waals surface area contributed by atoms with Crippen molar-refractivity contribution in [2.24, 2.45) is 0 Å². The zero-order chi connectivity index (χ0) is 13.7. The maximum atomic E-state index is 6.43. The van der Waals surface area contributed by atoms with E-state index in [0.29, 0.717) is 0 Å². The van der Waals surface area contributed by atoms with Crippen LogP contribution >= 0.6 is 11.6 Å². The van der Waals surface area contributed by atoms with Crippen molar-refractivity contribution >= 4 is 17.3 Å². The molecule has 0 bridgehead atoms. The summed E-state index contributed by atoms with van der Waals surface area (Å²) in [6, 6.07) is 6.15. The molecule has 1 fully saturated rings. The number of halogens is 1. The summed E-state index contributed by atoms with van der Waals surface area (Å²) in [5.41, 5.74) is 2.44. The highest BCUT2D eigenvalue weighted by molar-refractivity contribution is 6.33. The molecule has 1 aliphatic heterocycles. The van der Waals surface area contributed by atoms with Crippen LogP contribution in [0.1, 0.15) is 25.8 Å². The molecule has 1 saturated heterocycles. The topological polar surface area (TPSA) is 24.5 Å². The number of hydrogen-bond acceptors (Lipinski definition) is 3. The molecule has 4 heteroatoms. The van der Waals surface area contributed by atoms with Gasteiger partial charge >= 0.3 is 0 Å². The predicted molar refractivity (Wildman–Crippen MR) is 81.1 cm³/mol. The molecule has 1 atom stereocenters. The lowest BCUT2D eigenvalue weighted by Crippen LogP contribution is -2.31. The minimum absolute atomic E-state index is 0.255. The first kappa shape index (κ1) is 14.6. The average molecular weight is 283 g/mol. The summed E-state index contributed by atoms with van der Waals surface area (Å²) in [4.78, 5) is 2.37. The van der Waals surface area contributed by atoms with Crippen LogP contribution in [0.25, 0.3) is 0 Å². The van der Waals surface area contributed by atoms with Gasteiger partial charge in [0.15, 0.2) is 0 Å². The second-order valence-corrected chi connectivity index (χ2v) is 5.42. The van der Waals surface area contributed by atoms with Gasteiger partial charge in [0.1, 0.15) is 0 Å². The summed E-state index contributed by atoms with van der Waals surface area (Å²) in [7, 11) is 0. The van der Waals surface area contributed by atoms with E-state index in [2.05, 4.69) is 30.1 Å². The molecule has 19 heavy (non-hydrogen) atoms. The average Bonchev–Trinajstić information content (AvgIpc) is 2.61. The van der Waals surface area contributed by atoms with Crippen molar-refractivity contribution in [3.05, 3.63) is 28.8 Å². The van der Waals surface area contributed by atoms with Gasteiger partial charge in [0.25, 0.3) is 0 Å². The second kappa shape index (κ2) is 7.13. The maximum absolute atomic E-state index is 6.43. The van der Waals surface area contributed by atoms with Gasteiger partial charge in [-0.2, -0.15) is 0 Å². The molecule has 0 aliphatic carbocycles. The van der Waals surface area contributed by atoms with Crippen molar-refractivity contribution in [1.29, 1.82) is 0 Å². The number of benzene rings is 1. The van der Waals surface area contributed by atoms with E-state index in [9.17, 15) is 0 Å². The number of hydrogen-bond donors (Lipinski definition) is 1. The van der Waals surface area contributed by atoms with E-state index >= 15 is 0 Å². The molecule has 1 aliphatic rings. The Kier molecular flexibility index (Phi) is 5.49. The largest absolute Gasteiger partial charge is 0.377 e. The van der Waals surface area contributed by atoms with Crippen LogP contribution in [0, 0.1) is 0 Å². The lowest BCUT2D eigenvalue weighted by atomic mass is 10.1. The fourth-order valence-corrected chi connectivity index (χ4v) is 2.83. The van der Waals surface area contributed by atoms with Crippen molar-refractivity contribution in [3.63, 3.8) is 0 Å². The molecule has 0 aromatic heterocycles. The SMILES string of the molecule is CCNCc1cccc(Cl)c1N1CCCOC(C)C1. The molecule has 106 valence electrons. The quantitative estimate of drug-likeness (QED) is 0.919. The number of anilines is 1. The summed E-state index contributed by atoms with van der Waals surface area (Å²) in [5.74, 6) is 0. The molecule has 0 amide bonds. The first-order chi connectivity index (χ1) is 9.22. The first-order valence-electron chi connectivity index (χ1n) is 7.07. The molecule has 1 aromatic carbocycles. The van der Waals surface area contributed by atoms with Crippen LogP contribution in [0.3, 0.4) is 0 Å². The Labute approximate surface area is 120 Å². The van der Waals surface area contributed by atoms with Crippen LogP contribution in [0.15, 0.2) is 18.2 Å². The molecule has 1 unspecified atom stereocenters. The van der Waals surface area contributed by atoms with Crippen LogP contribution in [0.2, 0.25) is 5.02 Å². The minimum Gasteiger partial charge on any atom is -0.377 e. The fraction of sp³-hybridized carbons (Fsp3) is 0.600. The minimum atomic E-state index is 0.255.